The average molecular weight is 225 g/mol. The van der Waals surface area contributed by atoms with Gasteiger partial charge in [-0.1, -0.05) is 32.6 Å². The van der Waals surface area contributed by atoms with E-state index in [1.165, 1.54) is 44.9 Å². The van der Waals surface area contributed by atoms with Gasteiger partial charge in [-0.25, -0.2) is 10.2 Å². The van der Waals surface area contributed by atoms with Gasteiger partial charge >= 0.3 is 6.03 Å². The number of primary amides is 1. The quantitative estimate of drug-likeness (QED) is 0.529. The van der Waals surface area contributed by atoms with Crippen LogP contribution in [0, 0.1) is 5.92 Å². The Bertz CT molecular complexity index is 251. The third-order valence-corrected chi connectivity index (χ3v) is 3.17. The number of carbonyl (C=O) groups excluding carboxylic acids is 1. The zero-order valence-corrected chi connectivity index (χ0v) is 10.2. The third-order valence-electron chi connectivity index (χ3n) is 3.17. The SMILES string of the molecule is CCCCCC[C@@H]1CCC/C1=N/NC(N)=O. The predicted octanol–water partition coefficient (Wildman–Crippen LogP) is 2.78. The van der Waals surface area contributed by atoms with Gasteiger partial charge in [0.25, 0.3) is 0 Å². The molecular formula is C12H23N3O. The van der Waals surface area contributed by atoms with E-state index in [9.17, 15) is 4.79 Å². The summed E-state index contributed by atoms with van der Waals surface area (Å²) in [5.41, 5.74) is 8.48. The van der Waals surface area contributed by atoms with Crippen LogP contribution in [0.2, 0.25) is 0 Å². The normalized spacial score (nSPS) is 22.6. The summed E-state index contributed by atoms with van der Waals surface area (Å²) >= 11 is 0. The molecule has 1 aliphatic carbocycles. The highest BCUT2D eigenvalue weighted by atomic mass is 16.2. The number of hydrazone groups is 1. The van der Waals surface area contributed by atoms with E-state index in [4.69, 9.17) is 5.73 Å². The zero-order chi connectivity index (χ0) is 11.8. The van der Waals surface area contributed by atoms with Crippen LogP contribution < -0.4 is 11.2 Å². The number of hydrogen-bond acceptors (Lipinski definition) is 2. The fourth-order valence-electron chi connectivity index (χ4n) is 2.30. The van der Waals surface area contributed by atoms with Crippen LogP contribution in [0.5, 0.6) is 0 Å². The van der Waals surface area contributed by atoms with Gasteiger partial charge in [-0.15, -0.1) is 0 Å². The van der Waals surface area contributed by atoms with Gasteiger partial charge in [0.2, 0.25) is 0 Å². The molecule has 0 aromatic heterocycles. The molecule has 1 saturated carbocycles. The number of hydrogen-bond donors (Lipinski definition) is 2. The number of nitrogens with one attached hydrogen (secondary N) is 1. The van der Waals surface area contributed by atoms with Crippen molar-refractivity contribution in [3.63, 3.8) is 0 Å². The molecule has 0 spiro atoms. The Kier molecular flexibility index (Phi) is 5.90. The van der Waals surface area contributed by atoms with E-state index in [2.05, 4.69) is 17.5 Å². The van der Waals surface area contributed by atoms with Crippen molar-refractivity contribution in [3.05, 3.63) is 0 Å². The summed E-state index contributed by atoms with van der Waals surface area (Å²) in [5.74, 6) is 0.573. The minimum absolute atomic E-state index is 0.566. The van der Waals surface area contributed by atoms with Crippen molar-refractivity contribution in [1.82, 2.24) is 5.43 Å². The number of urea groups is 1. The molecule has 4 heteroatoms. The molecular weight excluding hydrogens is 202 g/mol. The molecule has 1 atom stereocenters. The van der Waals surface area contributed by atoms with Crippen molar-refractivity contribution in [2.75, 3.05) is 0 Å². The summed E-state index contributed by atoms with van der Waals surface area (Å²) in [7, 11) is 0. The summed E-state index contributed by atoms with van der Waals surface area (Å²) < 4.78 is 0. The first-order valence-electron chi connectivity index (χ1n) is 6.36. The van der Waals surface area contributed by atoms with E-state index in [1.54, 1.807) is 0 Å². The lowest BCUT2D eigenvalue weighted by Gasteiger charge is -2.10. The van der Waals surface area contributed by atoms with Crippen molar-refractivity contribution in [2.45, 2.75) is 58.3 Å². The van der Waals surface area contributed by atoms with Gasteiger partial charge in [0.1, 0.15) is 0 Å². The molecule has 3 N–H and O–H groups in total. The summed E-state index contributed by atoms with van der Waals surface area (Å²) in [5, 5.41) is 4.10. The first kappa shape index (κ1) is 13.0. The average Bonchev–Trinajstić information content (AvgIpc) is 2.69. The van der Waals surface area contributed by atoms with E-state index in [1.807, 2.05) is 0 Å². The molecule has 92 valence electrons. The van der Waals surface area contributed by atoms with Crippen molar-refractivity contribution >= 4 is 11.7 Å². The number of amides is 2. The first-order valence-corrected chi connectivity index (χ1v) is 6.36. The second-order valence-corrected chi connectivity index (χ2v) is 4.52. The molecule has 0 aliphatic heterocycles. The van der Waals surface area contributed by atoms with Crippen molar-refractivity contribution in [1.29, 1.82) is 0 Å². The van der Waals surface area contributed by atoms with Crippen molar-refractivity contribution < 1.29 is 4.79 Å². The highest BCUT2D eigenvalue weighted by molar-refractivity contribution is 5.89. The zero-order valence-electron chi connectivity index (χ0n) is 10.2. The Hall–Kier alpha value is -1.06. The maximum atomic E-state index is 10.6. The molecule has 0 saturated heterocycles. The van der Waals surface area contributed by atoms with E-state index in [-0.39, 0.29) is 0 Å². The molecule has 1 rings (SSSR count). The number of nitrogens with two attached hydrogens (primary N) is 1. The number of unbranched alkanes of at least 4 members (excludes halogenated alkanes) is 3. The Morgan fingerprint density at radius 3 is 3.00 bits per heavy atom. The van der Waals surface area contributed by atoms with Gasteiger partial charge < -0.3 is 5.73 Å². The molecule has 0 heterocycles. The Labute approximate surface area is 97.7 Å². The van der Waals surface area contributed by atoms with Crippen LogP contribution in [0.25, 0.3) is 0 Å². The molecule has 1 fully saturated rings. The smallest absolute Gasteiger partial charge is 0.332 e. The highest BCUT2D eigenvalue weighted by Gasteiger charge is 2.22. The van der Waals surface area contributed by atoms with E-state index in [0.717, 1.165) is 12.1 Å². The molecule has 0 radical (unpaired) electrons. The van der Waals surface area contributed by atoms with Gasteiger partial charge in [-0.2, -0.15) is 5.10 Å². The molecule has 1 aliphatic rings. The lowest BCUT2D eigenvalue weighted by molar-refractivity contribution is 0.249. The van der Waals surface area contributed by atoms with E-state index in [0.29, 0.717) is 5.92 Å². The summed E-state index contributed by atoms with van der Waals surface area (Å²) in [6.07, 6.45) is 9.80. The maximum absolute atomic E-state index is 10.6. The minimum Gasteiger partial charge on any atom is -0.350 e. The first-order chi connectivity index (χ1) is 7.74. The lowest BCUT2D eigenvalue weighted by Crippen LogP contribution is -2.26. The van der Waals surface area contributed by atoms with Crippen molar-refractivity contribution in [2.24, 2.45) is 16.8 Å². The van der Waals surface area contributed by atoms with Crippen LogP contribution in [0.4, 0.5) is 4.79 Å². The van der Waals surface area contributed by atoms with Crippen LogP contribution in [-0.2, 0) is 0 Å². The lowest BCUT2D eigenvalue weighted by atomic mass is 9.98. The van der Waals surface area contributed by atoms with Gasteiger partial charge in [0, 0.05) is 5.71 Å². The summed E-state index contributed by atoms with van der Waals surface area (Å²) in [6, 6.07) is -0.566. The van der Waals surface area contributed by atoms with Crippen LogP contribution in [0.15, 0.2) is 5.10 Å². The second kappa shape index (κ2) is 7.25. The van der Waals surface area contributed by atoms with Gasteiger partial charge in [0.15, 0.2) is 0 Å². The molecule has 0 unspecified atom stereocenters. The largest absolute Gasteiger partial charge is 0.350 e. The highest BCUT2D eigenvalue weighted by Crippen LogP contribution is 2.27. The Balaban J connectivity index is 2.28. The molecule has 16 heavy (non-hydrogen) atoms. The monoisotopic (exact) mass is 225 g/mol. The fraction of sp³-hybridized carbons (Fsp3) is 0.833. The number of carbonyl (C=O) groups is 1. The summed E-state index contributed by atoms with van der Waals surface area (Å²) in [4.78, 5) is 10.6. The van der Waals surface area contributed by atoms with E-state index < -0.39 is 6.03 Å². The topological polar surface area (TPSA) is 67.5 Å². The minimum atomic E-state index is -0.566. The van der Waals surface area contributed by atoms with Crippen molar-refractivity contribution in [3.8, 4) is 0 Å². The van der Waals surface area contributed by atoms with Gasteiger partial charge in [-0.3, -0.25) is 0 Å². The van der Waals surface area contributed by atoms with Gasteiger partial charge in [0.05, 0.1) is 0 Å². The molecule has 2 amide bonds. The standard InChI is InChI=1S/C12H23N3O/c1-2-3-4-5-7-10-8-6-9-11(10)14-15-12(13)16/h10H,2-9H2,1H3,(H3,13,15,16)/b14-11-/t10-/m1/s1. The van der Waals surface area contributed by atoms with E-state index >= 15 is 0 Å². The molecule has 0 bridgehead atoms. The van der Waals surface area contributed by atoms with Crippen LogP contribution in [-0.4, -0.2) is 11.7 Å². The van der Waals surface area contributed by atoms with Crippen LogP contribution >= 0.6 is 0 Å². The molecule has 0 aromatic carbocycles. The van der Waals surface area contributed by atoms with Gasteiger partial charge in [-0.05, 0) is 31.6 Å². The summed E-state index contributed by atoms with van der Waals surface area (Å²) in [6.45, 7) is 2.22. The van der Waals surface area contributed by atoms with Crippen LogP contribution in [0.1, 0.15) is 58.3 Å². The fourth-order valence-corrected chi connectivity index (χ4v) is 2.30. The molecule has 0 aromatic rings. The maximum Gasteiger partial charge on any atom is 0.332 e. The number of nitrogens with zero attached hydrogens (tertiary/aromatic N) is 1. The number of rotatable bonds is 6. The Morgan fingerprint density at radius 1 is 1.50 bits per heavy atom. The Morgan fingerprint density at radius 2 is 2.31 bits per heavy atom. The second-order valence-electron chi connectivity index (χ2n) is 4.52. The predicted molar refractivity (Wildman–Crippen MR) is 66.3 cm³/mol. The molecule has 4 nitrogen and oxygen atoms in total. The van der Waals surface area contributed by atoms with Crippen LogP contribution in [0.3, 0.4) is 0 Å². The third kappa shape index (κ3) is 4.64.